The minimum Gasteiger partial charge on any atom is -0.354 e. The van der Waals surface area contributed by atoms with Gasteiger partial charge in [0.25, 0.3) is 0 Å². The third-order valence-corrected chi connectivity index (χ3v) is 4.78. The van der Waals surface area contributed by atoms with Crippen molar-refractivity contribution < 1.29 is 4.79 Å². The number of aryl methyl sites for hydroxylation is 2. The molecular weight excluding hydrogens is 288 g/mol. The molecule has 0 saturated heterocycles. The summed E-state index contributed by atoms with van der Waals surface area (Å²) in [5.74, 6) is 0.000333. The van der Waals surface area contributed by atoms with Crippen LogP contribution in [0.1, 0.15) is 35.6 Å². The summed E-state index contributed by atoms with van der Waals surface area (Å²) in [6.45, 7) is 2.83. The van der Waals surface area contributed by atoms with Crippen molar-refractivity contribution in [1.29, 1.82) is 0 Å². The number of nitrogens with zero attached hydrogens (tertiary/aromatic N) is 2. The van der Waals surface area contributed by atoms with Gasteiger partial charge in [-0.3, -0.25) is 9.48 Å². The number of carbonyl (C=O) groups is 1. The van der Waals surface area contributed by atoms with E-state index in [9.17, 15) is 4.79 Å². The monoisotopic (exact) mass is 312 g/mol. The minimum absolute atomic E-state index is 0.000333. The highest BCUT2D eigenvalue weighted by Crippen LogP contribution is 2.48. The van der Waals surface area contributed by atoms with Crippen molar-refractivity contribution in [2.75, 3.05) is 13.6 Å². The van der Waals surface area contributed by atoms with Gasteiger partial charge in [-0.1, -0.05) is 24.3 Å². The number of hydrogen-bond acceptors (Lipinski definition) is 3. The predicted molar refractivity (Wildman–Crippen MR) is 90.1 cm³/mol. The van der Waals surface area contributed by atoms with E-state index in [4.69, 9.17) is 0 Å². The summed E-state index contributed by atoms with van der Waals surface area (Å²) in [5.41, 5.74) is 3.67. The Balaban J connectivity index is 1.68. The molecule has 0 aliphatic heterocycles. The maximum absolute atomic E-state index is 12.6. The molecule has 1 aliphatic rings. The SMILES string of the molecule is CNC(C(=O)NCC1(c2ccccc2C)CC1)c1cnn(C)c1. The topological polar surface area (TPSA) is 59.0 Å². The Hall–Kier alpha value is -2.14. The molecular formula is C18H24N4O. The number of carbonyl (C=O) groups excluding carboxylic acids is 1. The number of hydrogen-bond donors (Lipinski definition) is 2. The molecule has 1 saturated carbocycles. The lowest BCUT2D eigenvalue weighted by Gasteiger charge is -2.21. The van der Waals surface area contributed by atoms with Crippen LogP contribution in [-0.2, 0) is 17.3 Å². The third-order valence-electron chi connectivity index (χ3n) is 4.78. The summed E-state index contributed by atoms with van der Waals surface area (Å²) in [6, 6.07) is 8.11. The molecule has 0 radical (unpaired) electrons. The summed E-state index contributed by atoms with van der Waals surface area (Å²) < 4.78 is 1.71. The van der Waals surface area contributed by atoms with Gasteiger partial charge in [-0.2, -0.15) is 5.10 Å². The van der Waals surface area contributed by atoms with Crippen molar-refractivity contribution in [2.45, 2.75) is 31.2 Å². The quantitative estimate of drug-likeness (QED) is 0.855. The first-order chi connectivity index (χ1) is 11.1. The average Bonchev–Trinajstić information content (AvgIpc) is 3.21. The van der Waals surface area contributed by atoms with Crippen molar-refractivity contribution >= 4 is 5.91 Å². The van der Waals surface area contributed by atoms with E-state index in [2.05, 4.69) is 46.9 Å². The van der Waals surface area contributed by atoms with Crippen LogP contribution < -0.4 is 10.6 Å². The molecule has 1 amide bonds. The molecule has 1 aromatic heterocycles. The Bertz CT molecular complexity index is 703. The number of rotatable bonds is 6. The fourth-order valence-electron chi connectivity index (χ4n) is 3.26. The maximum Gasteiger partial charge on any atom is 0.241 e. The molecule has 23 heavy (non-hydrogen) atoms. The molecule has 1 unspecified atom stereocenters. The molecule has 5 heteroatoms. The van der Waals surface area contributed by atoms with Gasteiger partial charge in [0.05, 0.1) is 6.20 Å². The van der Waals surface area contributed by atoms with Crippen molar-refractivity contribution in [3.05, 3.63) is 53.3 Å². The number of amides is 1. The van der Waals surface area contributed by atoms with E-state index in [1.54, 1.807) is 17.9 Å². The highest BCUT2D eigenvalue weighted by molar-refractivity contribution is 5.83. The number of benzene rings is 1. The molecule has 1 atom stereocenters. The lowest BCUT2D eigenvalue weighted by molar-refractivity contribution is -0.123. The van der Waals surface area contributed by atoms with E-state index in [0.29, 0.717) is 6.54 Å². The second-order valence-electron chi connectivity index (χ2n) is 6.48. The Morgan fingerprint density at radius 3 is 2.70 bits per heavy atom. The van der Waals surface area contributed by atoms with Gasteiger partial charge in [0.15, 0.2) is 0 Å². The standard InChI is InChI=1S/C18H24N4O/c1-13-6-4-5-7-15(13)18(8-9-18)12-20-17(23)16(19-2)14-10-21-22(3)11-14/h4-7,10-11,16,19H,8-9,12H2,1-3H3,(H,20,23). The highest BCUT2D eigenvalue weighted by atomic mass is 16.2. The molecule has 0 spiro atoms. The zero-order valence-corrected chi connectivity index (χ0v) is 14.0. The van der Waals surface area contributed by atoms with E-state index in [-0.39, 0.29) is 17.4 Å². The zero-order chi connectivity index (χ0) is 16.4. The molecule has 0 bridgehead atoms. The first-order valence-corrected chi connectivity index (χ1v) is 8.05. The first-order valence-electron chi connectivity index (χ1n) is 8.05. The molecule has 2 N–H and O–H groups in total. The van der Waals surface area contributed by atoms with E-state index in [1.165, 1.54) is 11.1 Å². The molecule has 1 aliphatic carbocycles. The Labute approximate surface area is 137 Å². The van der Waals surface area contributed by atoms with Crippen molar-refractivity contribution in [2.24, 2.45) is 7.05 Å². The molecule has 2 aromatic rings. The lowest BCUT2D eigenvalue weighted by atomic mass is 9.91. The van der Waals surface area contributed by atoms with Crippen LogP contribution in [0.4, 0.5) is 0 Å². The summed E-state index contributed by atoms with van der Waals surface area (Å²) >= 11 is 0. The van der Waals surface area contributed by atoms with E-state index in [0.717, 1.165) is 18.4 Å². The third kappa shape index (κ3) is 3.15. The lowest BCUT2D eigenvalue weighted by Crippen LogP contribution is -2.39. The largest absolute Gasteiger partial charge is 0.354 e. The molecule has 1 heterocycles. The maximum atomic E-state index is 12.6. The molecule has 1 fully saturated rings. The average molecular weight is 312 g/mol. The second-order valence-corrected chi connectivity index (χ2v) is 6.48. The van der Waals surface area contributed by atoms with E-state index < -0.39 is 0 Å². The van der Waals surface area contributed by atoms with Gasteiger partial charge in [0.1, 0.15) is 6.04 Å². The normalized spacial score (nSPS) is 16.8. The van der Waals surface area contributed by atoms with Gasteiger partial charge in [-0.05, 0) is 37.9 Å². The van der Waals surface area contributed by atoms with Gasteiger partial charge in [-0.15, -0.1) is 0 Å². The Kier molecular flexibility index (Phi) is 4.22. The van der Waals surface area contributed by atoms with Gasteiger partial charge in [-0.25, -0.2) is 0 Å². The second kappa shape index (κ2) is 6.16. The van der Waals surface area contributed by atoms with Crippen LogP contribution in [0.5, 0.6) is 0 Å². The summed E-state index contributed by atoms with van der Waals surface area (Å²) in [6.07, 6.45) is 5.87. The predicted octanol–water partition coefficient (Wildman–Crippen LogP) is 1.84. The minimum atomic E-state index is -0.364. The highest BCUT2D eigenvalue weighted by Gasteiger charge is 2.45. The van der Waals surface area contributed by atoms with Crippen LogP contribution in [0.25, 0.3) is 0 Å². The Morgan fingerprint density at radius 1 is 1.39 bits per heavy atom. The van der Waals surface area contributed by atoms with Gasteiger partial charge in [0.2, 0.25) is 5.91 Å². The fraction of sp³-hybridized carbons (Fsp3) is 0.444. The number of nitrogens with one attached hydrogen (secondary N) is 2. The number of aromatic nitrogens is 2. The van der Waals surface area contributed by atoms with Crippen molar-refractivity contribution in [1.82, 2.24) is 20.4 Å². The molecule has 1 aromatic carbocycles. The Morgan fingerprint density at radius 2 is 2.13 bits per heavy atom. The van der Waals surface area contributed by atoms with Crippen LogP contribution >= 0.6 is 0 Å². The molecule has 3 rings (SSSR count). The van der Waals surface area contributed by atoms with Crippen LogP contribution in [0.2, 0.25) is 0 Å². The van der Waals surface area contributed by atoms with Gasteiger partial charge < -0.3 is 10.6 Å². The first kappa shape index (κ1) is 15.7. The number of likely N-dealkylation sites (N-methyl/N-ethyl adjacent to an activating group) is 1. The van der Waals surface area contributed by atoms with Gasteiger partial charge in [0, 0.05) is 30.8 Å². The van der Waals surface area contributed by atoms with Crippen LogP contribution in [0.15, 0.2) is 36.7 Å². The molecule has 5 nitrogen and oxygen atoms in total. The molecule has 122 valence electrons. The van der Waals surface area contributed by atoms with Crippen LogP contribution in [0, 0.1) is 6.92 Å². The van der Waals surface area contributed by atoms with Crippen molar-refractivity contribution in [3.63, 3.8) is 0 Å². The van der Waals surface area contributed by atoms with Gasteiger partial charge >= 0.3 is 0 Å². The van der Waals surface area contributed by atoms with E-state index >= 15 is 0 Å². The van der Waals surface area contributed by atoms with Crippen LogP contribution in [0.3, 0.4) is 0 Å². The summed E-state index contributed by atoms with van der Waals surface area (Å²) in [4.78, 5) is 12.6. The smallest absolute Gasteiger partial charge is 0.241 e. The van der Waals surface area contributed by atoms with Crippen LogP contribution in [-0.4, -0.2) is 29.3 Å². The van der Waals surface area contributed by atoms with Crippen molar-refractivity contribution in [3.8, 4) is 0 Å². The van der Waals surface area contributed by atoms with E-state index in [1.807, 2.05) is 13.2 Å². The summed E-state index contributed by atoms with van der Waals surface area (Å²) in [5, 5.41) is 10.4. The summed E-state index contributed by atoms with van der Waals surface area (Å²) in [7, 11) is 3.65. The zero-order valence-electron chi connectivity index (χ0n) is 14.0. The fourth-order valence-corrected chi connectivity index (χ4v) is 3.26.